The fourth-order valence-electron chi connectivity index (χ4n) is 4.53. The lowest BCUT2D eigenvalue weighted by Gasteiger charge is -2.38. The van der Waals surface area contributed by atoms with Crippen LogP contribution in [0, 0.1) is 0 Å². The summed E-state index contributed by atoms with van der Waals surface area (Å²) < 4.78 is 57.7. The van der Waals surface area contributed by atoms with Crippen molar-refractivity contribution >= 4 is 30.0 Å². The topological polar surface area (TPSA) is 60.0 Å². The first kappa shape index (κ1) is 27.3. The van der Waals surface area contributed by atoms with Gasteiger partial charge in [-0.3, -0.25) is 0 Å². The number of hydrogen-bond donors (Lipinski definition) is 1. The lowest BCUT2D eigenvalue weighted by Crippen LogP contribution is -2.50. The van der Waals surface area contributed by atoms with Gasteiger partial charge in [0.15, 0.2) is 0 Å². The average Bonchev–Trinajstić information content (AvgIpc) is 2.97. The molecule has 0 radical (unpaired) electrons. The number of nitrogens with zero attached hydrogens (tertiary/aromatic N) is 1. The Morgan fingerprint density at radius 1 is 1.03 bits per heavy atom. The predicted octanol–water partition coefficient (Wildman–Crippen LogP) is 5.59. The van der Waals surface area contributed by atoms with Gasteiger partial charge in [-0.05, 0) is 96.2 Å². The Labute approximate surface area is 216 Å². The number of amides is 1. The summed E-state index contributed by atoms with van der Waals surface area (Å²) in [6.07, 6.45) is -4.50. The Hall–Kier alpha value is -2.72. The van der Waals surface area contributed by atoms with Crippen molar-refractivity contribution < 1.29 is 32.0 Å². The van der Waals surface area contributed by atoms with Gasteiger partial charge in [0.2, 0.25) is 0 Å². The van der Waals surface area contributed by atoms with Gasteiger partial charge in [0, 0.05) is 17.9 Å². The number of hydrogen-bond acceptors (Lipinski definition) is 5. The number of alkyl halides is 3. The van der Waals surface area contributed by atoms with Crippen molar-refractivity contribution in [3.8, 4) is 0 Å². The molecule has 0 spiro atoms. The van der Waals surface area contributed by atoms with Gasteiger partial charge in [-0.25, -0.2) is 4.79 Å². The van der Waals surface area contributed by atoms with Crippen LogP contribution in [0.15, 0.2) is 42.5 Å². The number of anilines is 2. The Kier molecular flexibility index (Phi) is 6.82. The van der Waals surface area contributed by atoms with E-state index in [4.69, 9.17) is 14.0 Å². The van der Waals surface area contributed by atoms with Crippen LogP contribution in [0.2, 0.25) is 0 Å². The van der Waals surface area contributed by atoms with E-state index in [-0.39, 0.29) is 6.04 Å². The van der Waals surface area contributed by atoms with Crippen LogP contribution in [0.5, 0.6) is 0 Å². The molecule has 4 rings (SSSR count). The van der Waals surface area contributed by atoms with E-state index in [0.717, 1.165) is 28.8 Å². The zero-order chi connectivity index (χ0) is 27.4. The van der Waals surface area contributed by atoms with Gasteiger partial charge in [0.05, 0.1) is 22.8 Å². The molecule has 1 saturated heterocycles. The molecule has 200 valence electrons. The fraction of sp³-hybridized carbons (Fsp3) is 0.519. The molecule has 2 heterocycles. The number of carbonyl (C=O) groups is 1. The summed E-state index contributed by atoms with van der Waals surface area (Å²) in [5.41, 5.74) is 0.648. The van der Waals surface area contributed by atoms with Gasteiger partial charge in [0.1, 0.15) is 5.60 Å². The minimum absolute atomic E-state index is 0.352. The second-order valence-electron chi connectivity index (χ2n) is 11.6. The van der Waals surface area contributed by atoms with Crippen molar-refractivity contribution in [3.63, 3.8) is 0 Å². The molecule has 0 bridgehead atoms. The van der Waals surface area contributed by atoms with E-state index in [1.54, 1.807) is 20.8 Å². The quantitative estimate of drug-likeness (QED) is 0.537. The molecule has 1 atom stereocenters. The maximum absolute atomic E-state index is 13.2. The first-order valence-electron chi connectivity index (χ1n) is 12.4. The number of halogens is 3. The lowest BCUT2D eigenvalue weighted by molar-refractivity contribution is -0.137. The zero-order valence-electron chi connectivity index (χ0n) is 22.3. The van der Waals surface area contributed by atoms with Gasteiger partial charge < -0.3 is 24.3 Å². The van der Waals surface area contributed by atoms with E-state index in [1.807, 2.05) is 50.8 Å². The summed E-state index contributed by atoms with van der Waals surface area (Å²) in [5, 5.41) is 2.94. The molecule has 2 aliphatic heterocycles. The summed E-state index contributed by atoms with van der Waals surface area (Å²) in [5.74, 6) is 0. The lowest BCUT2D eigenvalue weighted by atomic mass is 9.73. The monoisotopic (exact) mass is 518 g/mol. The summed E-state index contributed by atoms with van der Waals surface area (Å²) in [6.45, 7) is 13.6. The number of nitrogens with one attached hydrogen (secondary N) is 1. The maximum atomic E-state index is 13.2. The Bertz CT molecular complexity index is 1140. The van der Waals surface area contributed by atoms with Crippen LogP contribution in [0.1, 0.15) is 59.6 Å². The van der Waals surface area contributed by atoms with Gasteiger partial charge >= 0.3 is 19.4 Å². The van der Waals surface area contributed by atoms with Crippen LogP contribution >= 0.6 is 0 Å². The third-order valence-corrected chi connectivity index (χ3v) is 7.07. The molecule has 2 aromatic rings. The Morgan fingerprint density at radius 2 is 1.62 bits per heavy atom. The maximum Gasteiger partial charge on any atom is 0.495 e. The Balaban J connectivity index is 1.73. The second-order valence-corrected chi connectivity index (χ2v) is 11.6. The van der Waals surface area contributed by atoms with Crippen LogP contribution in [-0.4, -0.2) is 42.6 Å². The van der Waals surface area contributed by atoms with Crippen molar-refractivity contribution in [1.29, 1.82) is 0 Å². The molecule has 1 unspecified atom stereocenters. The minimum Gasteiger partial charge on any atom is -0.444 e. The zero-order valence-corrected chi connectivity index (χ0v) is 22.3. The smallest absolute Gasteiger partial charge is 0.444 e. The summed E-state index contributed by atoms with van der Waals surface area (Å²) in [7, 11) is -0.630. The normalized spacial score (nSPS) is 21.0. The van der Waals surface area contributed by atoms with Gasteiger partial charge in [-0.15, -0.1) is 0 Å². The molecule has 1 amide bonds. The van der Waals surface area contributed by atoms with E-state index < -0.39 is 41.8 Å². The highest BCUT2D eigenvalue weighted by Crippen LogP contribution is 2.39. The number of rotatable bonds is 3. The molecule has 0 aromatic heterocycles. The van der Waals surface area contributed by atoms with Crippen molar-refractivity contribution in [2.45, 2.75) is 83.9 Å². The van der Waals surface area contributed by atoms with Crippen molar-refractivity contribution in [3.05, 3.63) is 53.6 Å². The highest BCUT2D eigenvalue weighted by atomic mass is 19.4. The SMILES string of the molecule is CC(C)(C)OC(=O)NC1Cc2c(B3OC(C)(C)C(C)(C)O3)cccc2N(c2ccc(C(F)(F)F)cc2)C1. The molecular weight excluding hydrogens is 484 g/mol. The molecule has 0 saturated carbocycles. The third-order valence-electron chi connectivity index (χ3n) is 7.07. The summed E-state index contributed by atoms with van der Waals surface area (Å²) in [6, 6.07) is 10.4. The molecule has 6 nitrogen and oxygen atoms in total. The molecule has 1 N–H and O–H groups in total. The highest BCUT2D eigenvalue weighted by molar-refractivity contribution is 6.62. The standard InChI is InChI=1S/C27H34BF3N2O4/c1-24(2,3)35-23(34)32-18-15-20-21(28-36-25(4,5)26(6,7)37-28)9-8-10-22(20)33(16-18)19-13-11-17(12-14-19)27(29,30)31/h8-14,18H,15-16H2,1-7H3,(H,32,34). The van der Waals surface area contributed by atoms with Crippen molar-refractivity contribution in [1.82, 2.24) is 5.32 Å². The van der Waals surface area contributed by atoms with E-state index in [1.165, 1.54) is 12.1 Å². The number of fused-ring (bicyclic) bond motifs is 1. The van der Waals surface area contributed by atoms with Gasteiger partial charge in [0.25, 0.3) is 0 Å². The third kappa shape index (κ3) is 5.75. The van der Waals surface area contributed by atoms with E-state index in [2.05, 4.69) is 5.32 Å². The van der Waals surface area contributed by atoms with E-state index >= 15 is 0 Å². The number of benzene rings is 2. The summed E-state index contributed by atoms with van der Waals surface area (Å²) >= 11 is 0. The summed E-state index contributed by atoms with van der Waals surface area (Å²) in [4.78, 5) is 14.5. The molecule has 1 fully saturated rings. The predicted molar refractivity (Wildman–Crippen MR) is 137 cm³/mol. The second kappa shape index (κ2) is 9.24. The van der Waals surface area contributed by atoms with Crippen molar-refractivity contribution in [2.75, 3.05) is 11.4 Å². The van der Waals surface area contributed by atoms with Crippen LogP contribution in [0.3, 0.4) is 0 Å². The average molecular weight is 518 g/mol. The van der Waals surface area contributed by atoms with Gasteiger partial charge in [-0.2, -0.15) is 13.2 Å². The molecule has 37 heavy (non-hydrogen) atoms. The van der Waals surface area contributed by atoms with Crippen molar-refractivity contribution in [2.24, 2.45) is 0 Å². The molecular formula is C27H34BF3N2O4. The number of carbonyl (C=O) groups excluding carboxylic acids is 1. The highest BCUT2D eigenvalue weighted by Gasteiger charge is 2.52. The first-order valence-corrected chi connectivity index (χ1v) is 12.4. The van der Waals surface area contributed by atoms with E-state index in [0.29, 0.717) is 18.7 Å². The molecule has 2 aromatic carbocycles. The van der Waals surface area contributed by atoms with Crippen LogP contribution in [0.25, 0.3) is 0 Å². The fourth-order valence-corrected chi connectivity index (χ4v) is 4.53. The first-order chi connectivity index (χ1) is 17.0. The van der Waals surface area contributed by atoms with Crippen LogP contribution in [-0.2, 0) is 26.6 Å². The van der Waals surface area contributed by atoms with Gasteiger partial charge in [-0.1, -0.05) is 12.1 Å². The Morgan fingerprint density at radius 3 is 2.16 bits per heavy atom. The number of ether oxygens (including phenoxy) is 1. The minimum atomic E-state index is -4.43. The van der Waals surface area contributed by atoms with E-state index in [9.17, 15) is 18.0 Å². The molecule has 0 aliphatic carbocycles. The molecule has 10 heteroatoms. The van der Waals surface area contributed by atoms with Crippen LogP contribution < -0.4 is 15.7 Å². The molecule has 2 aliphatic rings. The van der Waals surface area contributed by atoms with Crippen LogP contribution in [0.4, 0.5) is 29.3 Å². The largest absolute Gasteiger partial charge is 0.495 e. The number of alkyl carbamates (subject to hydrolysis) is 1.